The van der Waals surface area contributed by atoms with E-state index >= 15 is 0 Å². The maximum absolute atomic E-state index is 10.3. The molecule has 0 atom stereocenters. The number of aliphatic carboxylic acids is 1. The summed E-state index contributed by atoms with van der Waals surface area (Å²) in [4.78, 5) is 21.8. The van der Waals surface area contributed by atoms with E-state index in [-0.39, 0.29) is 6.54 Å². The average molecular weight is 159 g/mol. The monoisotopic (exact) mass is 159 g/mol. The highest BCUT2D eigenvalue weighted by Crippen LogP contribution is 2.09. The molecule has 4 nitrogen and oxygen atoms in total. The predicted molar refractivity (Wildman–Crippen MR) is 40.2 cm³/mol. The van der Waals surface area contributed by atoms with Gasteiger partial charge in [-0.15, -0.1) is 0 Å². The Hall–Kier alpha value is -1.06. The molecule has 1 N–H and O–H groups in total. The third-order valence-corrected chi connectivity index (χ3v) is 1.29. The van der Waals surface area contributed by atoms with E-state index in [1.54, 1.807) is 20.8 Å². The van der Waals surface area contributed by atoms with Crippen molar-refractivity contribution in [2.75, 3.05) is 6.54 Å². The van der Waals surface area contributed by atoms with Gasteiger partial charge >= 0.3 is 5.97 Å². The molecule has 0 aliphatic rings. The first-order valence-electron chi connectivity index (χ1n) is 3.32. The zero-order chi connectivity index (χ0) is 9.07. The van der Waals surface area contributed by atoms with Crippen molar-refractivity contribution in [3.05, 3.63) is 0 Å². The lowest BCUT2D eigenvalue weighted by Gasteiger charge is -2.30. The number of rotatable bonds is 3. The molecule has 0 fully saturated rings. The summed E-state index contributed by atoms with van der Waals surface area (Å²) in [5.41, 5.74) is -0.417. The molecule has 0 saturated carbocycles. The lowest BCUT2D eigenvalue weighted by molar-refractivity contribution is -0.143. The highest BCUT2D eigenvalue weighted by Gasteiger charge is 2.21. The van der Waals surface area contributed by atoms with Crippen molar-refractivity contribution in [2.24, 2.45) is 0 Å². The van der Waals surface area contributed by atoms with Crippen LogP contribution in [0, 0.1) is 0 Å². The van der Waals surface area contributed by atoms with Crippen LogP contribution < -0.4 is 0 Å². The second-order valence-electron chi connectivity index (χ2n) is 3.30. The fourth-order valence-corrected chi connectivity index (χ4v) is 0.578. The van der Waals surface area contributed by atoms with Gasteiger partial charge < -0.3 is 10.0 Å². The number of nitrogens with zero attached hydrogens (tertiary/aromatic N) is 1. The number of hydrogen-bond donors (Lipinski definition) is 1. The summed E-state index contributed by atoms with van der Waals surface area (Å²) in [5, 5.41) is 8.38. The van der Waals surface area contributed by atoms with Gasteiger partial charge in [0, 0.05) is 5.54 Å². The van der Waals surface area contributed by atoms with Gasteiger partial charge in [0.05, 0.1) is 0 Å². The summed E-state index contributed by atoms with van der Waals surface area (Å²) in [6.45, 7) is 5.10. The maximum atomic E-state index is 10.3. The van der Waals surface area contributed by atoms with Gasteiger partial charge in [0.15, 0.2) is 0 Å². The Kier molecular flexibility index (Phi) is 3.04. The predicted octanol–water partition coefficient (Wildman–Crippen LogP) is 0.328. The molecule has 0 spiro atoms. The van der Waals surface area contributed by atoms with Crippen LogP contribution in [0.4, 0.5) is 0 Å². The minimum absolute atomic E-state index is 0.243. The minimum atomic E-state index is -0.993. The fourth-order valence-electron chi connectivity index (χ4n) is 0.578. The number of amides is 1. The Morgan fingerprint density at radius 3 is 2.09 bits per heavy atom. The second kappa shape index (κ2) is 3.37. The summed E-state index contributed by atoms with van der Waals surface area (Å²) in [7, 11) is 0. The highest BCUT2D eigenvalue weighted by molar-refractivity contribution is 5.72. The van der Waals surface area contributed by atoms with Gasteiger partial charge in [0.25, 0.3) is 0 Å². The average Bonchev–Trinajstić information content (AvgIpc) is 1.79. The second-order valence-corrected chi connectivity index (χ2v) is 3.30. The van der Waals surface area contributed by atoms with Crippen LogP contribution in [-0.2, 0) is 9.59 Å². The van der Waals surface area contributed by atoms with Crippen LogP contribution in [0.2, 0.25) is 0 Å². The molecule has 1 amide bonds. The van der Waals surface area contributed by atoms with Crippen LogP contribution in [0.25, 0.3) is 0 Å². The molecular weight excluding hydrogens is 146 g/mol. The van der Waals surface area contributed by atoms with E-state index in [2.05, 4.69) is 0 Å². The largest absolute Gasteiger partial charge is 0.480 e. The summed E-state index contributed by atoms with van der Waals surface area (Å²) in [6, 6.07) is 0. The zero-order valence-electron chi connectivity index (χ0n) is 7.00. The molecule has 0 aromatic carbocycles. The first-order valence-corrected chi connectivity index (χ1v) is 3.32. The Labute approximate surface area is 65.8 Å². The molecule has 0 saturated heterocycles. The van der Waals surface area contributed by atoms with E-state index in [0.29, 0.717) is 6.41 Å². The lowest BCUT2D eigenvalue weighted by Crippen LogP contribution is -2.43. The highest BCUT2D eigenvalue weighted by atomic mass is 16.4. The van der Waals surface area contributed by atoms with Gasteiger partial charge in [-0.25, -0.2) is 0 Å². The Bertz CT molecular complexity index is 160. The van der Waals surface area contributed by atoms with Crippen LogP contribution >= 0.6 is 0 Å². The van der Waals surface area contributed by atoms with E-state index in [1.807, 2.05) is 0 Å². The normalized spacial score (nSPS) is 10.8. The molecule has 4 heteroatoms. The van der Waals surface area contributed by atoms with Crippen LogP contribution in [0.1, 0.15) is 20.8 Å². The quantitative estimate of drug-likeness (QED) is 0.603. The van der Waals surface area contributed by atoms with Gasteiger partial charge in [-0.3, -0.25) is 9.59 Å². The first kappa shape index (κ1) is 9.94. The van der Waals surface area contributed by atoms with Crippen molar-refractivity contribution in [3.8, 4) is 0 Å². The fraction of sp³-hybridized carbons (Fsp3) is 0.714. The third kappa shape index (κ3) is 3.60. The van der Waals surface area contributed by atoms with Gasteiger partial charge in [-0.05, 0) is 20.8 Å². The summed E-state index contributed by atoms with van der Waals surface area (Å²) in [6.07, 6.45) is 0.550. The first-order chi connectivity index (χ1) is 4.88. The van der Waals surface area contributed by atoms with Gasteiger partial charge in [-0.2, -0.15) is 0 Å². The van der Waals surface area contributed by atoms with Crippen molar-refractivity contribution in [2.45, 2.75) is 26.3 Å². The van der Waals surface area contributed by atoms with Crippen molar-refractivity contribution < 1.29 is 14.7 Å². The molecule has 0 radical (unpaired) electrons. The maximum Gasteiger partial charge on any atom is 0.323 e. The summed E-state index contributed by atoms with van der Waals surface area (Å²) < 4.78 is 0. The van der Waals surface area contributed by atoms with Crippen LogP contribution in [0.5, 0.6) is 0 Å². The van der Waals surface area contributed by atoms with Gasteiger partial charge in [0.1, 0.15) is 6.54 Å². The molecule has 0 bridgehead atoms. The van der Waals surface area contributed by atoms with E-state index < -0.39 is 11.5 Å². The van der Waals surface area contributed by atoms with E-state index in [0.717, 1.165) is 0 Å². The lowest BCUT2D eigenvalue weighted by atomic mass is 10.1. The molecule has 0 unspecified atom stereocenters. The molecule has 0 heterocycles. The Morgan fingerprint density at radius 2 is 2.00 bits per heavy atom. The molecule has 0 aliphatic heterocycles. The van der Waals surface area contributed by atoms with E-state index in [4.69, 9.17) is 5.11 Å². The SMILES string of the molecule is CC(C)(C)N(C=O)CC(=O)O. The van der Waals surface area contributed by atoms with Crippen molar-refractivity contribution in [3.63, 3.8) is 0 Å². The van der Waals surface area contributed by atoms with Crippen molar-refractivity contribution in [1.82, 2.24) is 4.90 Å². The number of carbonyl (C=O) groups is 2. The zero-order valence-corrected chi connectivity index (χ0v) is 7.00. The Balaban J connectivity index is 4.18. The third-order valence-electron chi connectivity index (χ3n) is 1.29. The molecule has 11 heavy (non-hydrogen) atoms. The number of carboxylic acid groups (broad SMARTS) is 1. The van der Waals surface area contributed by atoms with Crippen LogP contribution in [-0.4, -0.2) is 34.5 Å². The molecular formula is C7H13NO3. The standard InChI is InChI=1S/C7H13NO3/c1-7(2,3)8(5-9)4-6(10)11/h5H,4H2,1-3H3,(H,10,11). The van der Waals surface area contributed by atoms with Crippen LogP contribution in [0.3, 0.4) is 0 Å². The smallest absolute Gasteiger partial charge is 0.323 e. The van der Waals surface area contributed by atoms with Gasteiger partial charge in [-0.1, -0.05) is 0 Å². The van der Waals surface area contributed by atoms with Gasteiger partial charge in [0.2, 0.25) is 6.41 Å². The number of carbonyl (C=O) groups excluding carboxylic acids is 1. The summed E-state index contributed by atoms with van der Waals surface area (Å²) >= 11 is 0. The van der Waals surface area contributed by atoms with Crippen molar-refractivity contribution in [1.29, 1.82) is 0 Å². The summed E-state index contributed by atoms with van der Waals surface area (Å²) in [5.74, 6) is -0.993. The van der Waals surface area contributed by atoms with E-state index in [1.165, 1.54) is 4.90 Å². The number of hydrogen-bond acceptors (Lipinski definition) is 2. The molecule has 0 aromatic heterocycles. The van der Waals surface area contributed by atoms with Crippen LogP contribution in [0.15, 0.2) is 0 Å². The molecule has 0 rings (SSSR count). The molecule has 64 valence electrons. The molecule has 0 aliphatic carbocycles. The van der Waals surface area contributed by atoms with E-state index in [9.17, 15) is 9.59 Å². The molecule has 0 aromatic rings. The number of carboxylic acids is 1. The Morgan fingerprint density at radius 1 is 1.55 bits per heavy atom. The topological polar surface area (TPSA) is 57.6 Å². The van der Waals surface area contributed by atoms with Crippen molar-refractivity contribution >= 4 is 12.4 Å². The minimum Gasteiger partial charge on any atom is -0.480 e.